The summed E-state index contributed by atoms with van der Waals surface area (Å²) in [7, 11) is 1.68. The summed E-state index contributed by atoms with van der Waals surface area (Å²) in [5, 5.41) is 3.13. The quantitative estimate of drug-likeness (QED) is 0.821. The summed E-state index contributed by atoms with van der Waals surface area (Å²) in [5.74, 6) is 0.788. The van der Waals surface area contributed by atoms with E-state index < -0.39 is 12.6 Å². The van der Waals surface area contributed by atoms with Gasteiger partial charge in [0.25, 0.3) is 0 Å². The van der Waals surface area contributed by atoms with Crippen LogP contribution in [0.2, 0.25) is 0 Å². The number of halogens is 3. The molecular weight excluding hydrogens is 245 g/mol. The number of alkyl halides is 3. The number of hydrogen-bond acceptors (Lipinski definition) is 3. The second-order valence-corrected chi connectivity index (χ2v) is 4.25. The molecule has 0 unspecified atom stereocenters. The van der Waals surface area contributed by atoms with Gasteiger partial charge in [0.15, 0.2) is 0 Å². The van der Waals surface area contributed by atoms with Crippen molar-refractivity contribution >= 4 is 0 Å². The number of hydrogen-bond donors (Lipinski definition) is 1. The molecule has 0 radical (unpaired) electrons. The zero-order valence-electron chi connectivity index (χ0n) is 10.7. The zero-order valence-corrected chi connectivity index (χ0v) is 10.7. The topological polar surface area (TPSA) is 28.4 Å². The Kier molecular flexibility index (Phi) is 5.68. The minimum absolute atomic E-state index is 0.00464. The molecule has 0 atom stereocenters. The molecule has 0 aromatic carbocycles. The Morgan fingerprint density at radius 2 is 2.11 bits per heavy atom. The molecule has 3 nitrogen and oxygen atoms in total. The fourth-order valence-corrected chi connectivity index (χ4v) is 1.59. The van der Waals surface area contributed by atoms with Crippen molar-refractivity contribution < 1.29 is 17.6 Å². The van der Waals surface area contributed by atoms with Crippen LogP contribution in [-0.4, -0.2) is 31.2 Å². The summed E-state index contributed by atoms with van der Waals surface area (Å²) in [4.78, 5) is 1.65. The lowest BCUT2D eigenvalue weighted by Crippen LogP contribution is -2.24. The van der Waals surface area contributed by atoms with Crippen molar-refractivity contribution in [2.45, 2.75) is 32.6 Å². The zero-order chi connectivity index (χ0) is 13.6. The molecule has 0 saturated heterocycles. The molecule has 18 heavy (non-hydrogen) atoms. The first-order chi connectivity index (χ1) is 8.42. The molecule has 0 aliphatic rings. The predicted molar refractivity (Wildman–Crippen MR) is 63.1 cm³/mol. The van der Waals surface area contributed by atoms with Crippen LogP contribution < -0.4 is 5.32 Å². The molecule has 0 bridgehead atoms. The van der Waals surface area contributed by atoms with E-state index in [0.717, 1.165) is 17.9 Å². The highest BCUT2D eigenvalue weighted by atomic mass is 19.4. The van der Waals surface area contributed by atoms with Gasteiger partial charge in [-0.3, -0.25) is 0 Å². The molecule has 1 rings (SSSR count). The van der Waals surface area contributed by atoms with Crippen molar-refractivity contribution in [3.63, 3.8) is 0 Å². The Balaban J connectivity index is 2.43. The molecule has 1 N–H and O–H groups in total. The van der Waals surface area contributed by atoms with Gasteiger partial charge in [-0.2, -0.15) is 13.2 Å². The van der Waals surface area contributed by atoms with Crippen LogP contribution in [0.25, 0.3) is 0 Å². The molecule has 0 aliphatic carbocycles. The third-order valence-electron chi connectivity index (χ3n) is 2.59. The van der Waals surface area contributed by atoms with Crippen molar-refractivity contribution in [1.82, 2.24) is 10.2 Å². The normalized spacial score (nSPS) is 12.3. The van der Waals surface area contributed by atoms with Gasteiger partial charge in [0, 0.05) is 18.7 Å². The molecule has 1 aromatic heterocycles. The summed E-state index contributed by atoms with van der Waals surface area (Å²) in [5.41, 5.74) is 0.931. The maximum absolute atomic E-state index is 12.1. The van der Waals surface area contributed by atoms with Crippen molar-refractivity contribution in [3.05, 3.63) is 23.7 Å². The van der Waals surface area contributed by atoms with Crippen molar-refractivity contribution in [2.75, 3.05) is 20.1 Å². The molecule has 0 fully saturated rings. The van der Waals surface area contributed by atoms with E-state index in [1.165, 1.54) is 0 Å². The highest BCUT2D eigenvalue weighted by Crippen LogP contribution is 2.20. The second-order valence-electron chi connectivity index (χ2n) is 4.25. The van der Waals surface area contributed by atoms with E-state index in [9.17, 15) is 13.2 Å². The molecule has 1 aromatic rings. The average Bonchev–Trinajstić information content (AvgIpc) is 2.70. The van der Waals surface area contributed by atoms with Crippen LogP contribution in [0.4, 0.5) is 13.2 Å². The maximum Gasteiger partial charge on any atom is 0.390 e. The highest BCUT2D eigenvalue weighted by Gasteiger charge is 2.27. The molecule has 1 heterocycles. The maximum atomic E-state index is 12.1. The van der Waals surface area contributed by atoms with Gasteiger partial charge >= 0.3 is 6.18 Å². The first-order valence-electron chi connectivity index (χ1n) is 5.93. The number of furan rings is 1. The lowest BCUT2D eigenvalue weighted by molar-refractivity contribution is -0.137. The van der Waals surface area contributed by atoms with Crippen molar-refractivity contribution in [2.24, 2.45) is 0 Å². The van der Waals surface area contributed by atoms with E-state index in [1.807, 2.05) is 6.92 Å². The number of rotatable bonds is 7. The van der Waals surface area contributed by atoms with Crippen molar-refractivity contribution in [3.8, 4) is 0 Å². The molecule has 6 heteroatoms. The Labute approximate surface area is 105 Å². The SMILES string of the molecule is CCNCc1occc1CN(C)CCC(F)(F)F. The summed E-state index contributed by atoms with van der Waals surface area (Å²) in [6, 6.07) is 1.80. The van der Waals surface area contributed by atoms with Crippen LogP contribution in [0, 0.1) is 0 Å². The van der Waals surface area contributed by atoms with Gasteiger partial charge in [0.2, 0.25) is 0 Å². The van der Waals surface area contributed by atoms with E-state index in [2.05, 4.69) is 5.32 Å². The predicted octanol–water partition coefficient (Wildman–Crippen LogP) is 2.77. The fourth-order valence-electron chi connectivity index (χ4n) is 1.59. The molecule has 0 saturated carbocycles. The first kappa shape index (κ1) is 15.0. The second kappa shape index (κ2) is 6.80. The number of nitrogens with zero attached hydrogens (tertiary/aromatic N) is 1. The third kappa shape index (κ3) is 5.55. The largest absolute Gasteiger partial charge is 0.468 e. The summed E-state index contributed by atoms with van der Waals surface area (Å²) in [6.45, 7) is 3.87. The smallest absolute Gasteiger partial charge is 0.390 e. The molecule has 0 spiro atoms. The summed E-state index contributed by atoms with van der Waals surface area (Å²) < 4.78 is 41.6. The van der Waals surface area contributed by atoms with Gasteiger partial charge in [0.05, 0.1) is 19.2 Å². The summed E-state index contributed by atoms with van der Waals surface area (Å²) >= 11 is 0. The van der Waals surface area contributed by atoms with Crippen LogP contribution >= 0.6 is 0 Å². The van der Waals surface area contributed by atoms with Crippen LogP contribution in [0.1, 0.15) is 24.7 Å². The van der Waals surface area contributed by atoms with Gasteiger partial charge in [-0.15, -0.1) is 0 Å². The molecule has 0 aliphatic heterocycles. The summed E-state index contributed by atoms with van der Waals surface area (Å²) in [6.07, 6.45) is -3.32. The van der Waals surface area contributed by atoms with Gasteiger partial charge in [-0.1, -0.05) is 6.92 Å². The van der Waals surface area contributed by atoms with Gasteiger partial charge in [-0.25, -0.2) is 0 Å². The lowest BCUT2D eigenvalue weighted by Gasteiger charge is -2.17. The minimum Gasteiger partial charge on any atom is -0.468 e. The Morgan fingerprint density at radius 3 is 2.72 bits per heavy atom. The van der Waals surface area contributed by atoms with Crippen LogP contribution in [0.3, 0.4) is 0 Å². The Morgan fingerprint density at radius 1 is 1.39 bits per heavy atom. The molecule has 0 amide bonds. The van der Waals surface area contributed by atoms with Gasteiger partial charge in [-0.05, 0) is 19.7 Å². The lowest BCUT2D eigenvalue weighted by atomic mass is 10.2. The monoisotopic (exact) mass is 264 g/mol. The molecule has 104 valence electrons. The third-order valence-corrected chi connectivity index (χ3v) is 2.59. The van der Waals surface area contributed by atoms with E-state index >= 15 is 0 Å². The van der Waals surface area contributed by atoms with Crippen LogP contribution in [0.5, 0.6) is 0 Å². The van der Waals surface area contributed by atoms with E-state index in [1.54, 1.807) is 24.3 Å². The first-order valence-corrected chi connectivity index (χ1v) is 5.93. The highest BCUT2D eigenvalue weighted by molar-refractivity contribution is 5.16. The van der Waals surface area contributed by atoms with Crippen molar-refractivity contribution in [1.29, 1.82) is 0 Å². The van der Waals surface area contributed by atoms with Crippen LogP contribution in [-0.2, 0) is 13.1 Å². The Hall–Kier alpha value is -1.01. The molecular formula is C12H19F3N2O. The van der Waals surface area contributed by atoms with E-state index in [-0.39, 0.29) is 6.54 Å². The Bertz CT molecular complexity index is 349. The average molecular weight is 264 g/mol. The van der Waals surface area contributed by atoms with Gasteiger partial charge < -0.3 is 14.6 Å². The van der Waals surface area contributed by atoms with E-state index in [4.69, 9.17) is 4.42 Å². The number of nitrogens with one attached hydrogen (secondary N) is 1. The van der Waals surface area contributed by atoms with Crippen LogP contribution in [0.15, 0.2) is 16.7 Å². The fraction of sp³-hybridized carbons (Fsp3) is 0.667. The van der Waals surface area contributed by atoms with Gasteiger partial charge in [0.1, 0.15) is 5.76 Å². The van der Waals surface area contributed by atoms with E-state index in [0.29, 0.717) is 13.1 Å². The standard InChI is InChI=1S/C12H19F3N2O/c1-3-16-8-11-10(4-7-18-11)9-17(2)6-5-12(13,14)15/h4,7,16H,3,5-6,8-9H2,1-2H3. The minimum atomic E-state index is -4.10.